The number of rotatable bonds is 0. The molecular weight excluding hydrogens is 276 g/mol. The van der Waals surface area contributed by atoms with Crippen LogP contribution in [0.5, 0.6) is 0 Å². The first-order valence-corrected chi connectivity index (χ1v) is 7.53. The number of ether oxygens (including phenoxy) is 1. The average molecular weight is 305 g/mol. The van der Waals surface area contributed by atoms with Crippen molar-refractivity contribution in [3.05, 3.63) is 0 Å². The number of halogens is 1. The van der Waals surface area contributed by atoms with Gasteiger partial charge in [0.05, 0.1) is 0 Å². The highest BCUT2D eigenvalue weighted by atomic mass is 35.5. The van der Waals surface area contributed by atoms with Crippen LogP contribution in [-0.4, -0.2) is 35.7 Å². The Balaban J connectivity index is 0.00000200. The zero-order valence-corrected chi connectivity index (χ0v) is 13.8. The number of hydrogen-bond donors (Lipinski definition) is 1. The van der Waals surface area contributed by atoms with Crippen molar-refractivity contribution in [1.29, 1.82) is 0 Å². The van der Waals surface area contributed by atoms with Crippen LogP contribution in [0.3, 0.4) is 0 Å². The zero-order valence-electron chi connectivity index (χ0n) is 13.0. The molecule has 1 amide bonds. The first kappa shape index (κ1) is 17.6. The van der Waals surface area contributed by atoms with E-state index in [0.717, 1.165) is 38.8 Å². The van der Waals surface area contributed by atoms with E-state index in [1.165, 1.54) is 12.8 Å². The van der Waals surface area contributed by atoms with Gasteiger partial charge in [0, 0.05) is 19.1 Å². The third-order valence-electron chi connectivity index (χ3n) is 4.57. The van der Waals surface area contributed by atoms with Gasteiger partial charge in [0.25, 0.3) is 0 Å². The third-order valence-corrected chi connectivity index (χ3v) is 4.57. The van der Waals surface area contributed by atoms with Crippen LogP contribution in [0.4, 0.5) is 4.79 Å². The van der Waals surface area contributed by atoms with Gasteiger partial charge in [-0.25, -0.2) is 4.79 Å². The third kappa shape index (κ3) is 4.52. The Hall–Kier alpha value is -0.480. The number of nitrogens with two attached hydrogens (primary N) is 1. The van der Waals surface area contributed by atoms with Gasteiger partial charge in [-0.2, -0.15) is 0 Å². The molecule has 0 atom stereocenters. The van der Waals surface area contributed by atoms with E-state index < -0.39 is 5.60 Å². The van der Waals surface area contributed by atoms with Gasteiger partial charge in [-0.1, -0.05) is 0 Å². The maximum Gasteiger partial charge on any atom is 0.410 e. The summed E-state index contributed by atoms with van der Waals surface area (Å²) < 4.78 is 5.44. The second kappa shape index (κ2) is 6.52. The molecular formula is C15H29ClN2O2. The second-order valence-electron chi connectivity index (χ2n) is 7.30. The lowest BCUT2D eigenvalue weighted by atomic mass is 9.67. The van der Waals surface area contributed by atoms with Gasteiger partial charge in [0.2, 0.25) is 0 Å². The molecule has 2 fully saturated rings. The highest BCUT2D eigenvalue weighted by Crippen LogP contribution is 2.44. The topological polar surface area (TPSA) is 55.6 Å². The van der Waals surface area contributed by atoms with Crippen LogP contribution in [0.1, 0.15) is 59.3 Å². The Kier molecular flexibility index (Phi) is 5.73. The van der Waals surface area contributed by atoms with E-state index in [9.17, 15) is 4.79 Å². The van der Waals surface area contributed by atoms with Gasteiger partial charge in [0.15, 0.2) is 0 Å². The summed E-state index contributed by atoms with van der Waals surface area (Å²) in [5.41, 5.74) is 6.04. The molecule has 1 aliphatic carbocycles. The summed E-state index contributed by atoms with van der Waals surface area (Å²) in [4.78, 5) is 13.9. The van der Waals surface area contributed by atoms with Crippen molar-refractivity contribution in [3.63, 3.8) is 0 Å². The minimum atomic E-state index is -0.399. The largest absolute Gasteiger partial charge is 0.444 e. The Morgan fingerprint density at radius 1 is 1.15 bits per heavy atom. The molecule has 0 unspecified atom stereocenters. The predicted octanol–water partition coefficient (Wildman–Crippen LogP) is 3.33. The van der Waals surface area contributed by atoms with Crippen molar-refractivity contribution >= 4 is 18.5 Å². The normalized spacial score (nSPS) is 23.3. The molecule has 20 heavy (non-hydrogen) atoms. The van der Waals surface area contributed by atoms with Crippen LogP contribution in [-0.2, 0) is 4.74 Å². The number of likely N-dealkylation sites (tertiary alicyclic amines) is 1. The quantitative estimate of drug-likeness (QED) is 0.747. The van der Waals surface area contributed by atoms with Crippen molar-refractivity contribution in [1.82, 2.24) is 4.90 Å². The van der Waals surface area contributed by atoms with Gasteiger partial charge in [-0.15, -0.1) is 12.4 Å². The molecule has 2 N–H and O–H groups in total. The zero-order chi connectivity index (χ0) is 14.1. The molecule has 1 heterocycles. The summed E-state index contributed by atoms with van der Waals surface area (Å²) in [6.07, 6.45) is 6.82. The molecule has 1 aliphatic heterocycles. The van der Waals surface area contributed by atoms with E-state index >= 15 is 0 Å². The lowest BCUT2D eigenvalue weighted by molar-refractivity contribution is 0.00359. The minimum absolute atomic E-state index is 0. The second-order valence-corrected chi connectivity index (χ2v) is 7.30. The summed E-state index contributed by atoms with van der Waals surface area (Å²) >= 11 is 0. The molecule has 0 bridgehead atoms. The summed E-state index contributed by atoms with van der Waals surface area (Å²) in [6, 6.07) is 0.398. The molecule has 0 aromatic heterocycles. The molecule has 118 valence electrons. The smallest absolute Gasteiger partial charge is 0.410 e. The Morgan fingerprint density at radius 2 is 1.65 bits per heavy atom. The van der Waals surface area contributed by atoms with Crippen molar-refractivity contribution in [3.8, 4) is 0 Å². The summed E-state index contributed by atoms with van der Waals surface area (Å²) in [5.74, 6) is 0. The fraction of sp³-hybridized carbons (Fsp3) is 0.933. The molecule has 2 aliphatic rings. The van der Waals surface area contributed by atoms with Crippen LogP contribution >= 0.6 is 12.4 Å². The van der Waals surface area contributed by atoms with E-state index in [-0.39, 0.29) is 18.5 Å². The van der Waals surface area contributed by atoms with E-state index in [1.807, 2.05) is 25.7 Å². The predicted molar refractivity (Wildman–Crippen MR) is 83.2 cm³/mol. The van der Waals surface area contributed by atoms with Crippen LogP contribution in [0.15, 0.2) is 0 Å². The van der Waals surface area contributed by atoms with Gasteiger partial charge in [0.1, 0.15) is 5.60 Å². The van der Waals surface area contributed by atoms with E-state index in [4.69, 9.17) is 10.5 Å². The van der Waals surface area contributed by atoms with Gasteiger partial charge >= 0.3 is 6.09 Å². The fourth-order valence-electron chi connectivity index (χ4n) is 3.24. The Labute approximate surface area is 128 Å². The van der Waals surface area contributed by atoms with Gasteiger partial charge in [-0.3, -0.25) is 0 Å². The number of carbonyl (C=O) groups excluding carboxylic acids is 1. The SMILES string of the molecule is CC(C)(C)OC(=O)N1CCC2(CCC(N)CC2)CC1.Cl. The van der Waals surface area contributed by atoms with Crippen molar-refractivity contribution in [2.24, 2.45) is 11.1 Å². The number of carbonyl (C=O) groups is 1. The standard InChI is InChI=1S/C15H28N2O2.ClH/c1-14(2,3)19-13(18)17-10-8-15(9-11-17)6-4-12(16)5-7-15;/h12H,4-11,16H2,1-3H3;1H. The highest BCUT2D eigenvalue weighted by molar-refractivity contribution is 5.85. The minimum Gasteiger partial charge on any atom is -0.444 e. The van der Waals surface area contributed by atoms with Crippen LogP contribution in [0, 0.1) is 5.41 Å². The molecule has 2 rings (SSSR count). The Morgan fingerprint density at radius 3 is 2.10 bits per heavy atom. The molecule has 4 nitrogen and oxygen atoms in total. The van der Waals surface area contributed by atoms with Gasteiger partial charge < -0.3 is 15.4 Å². The fourth-order valence-corrected chi connectivity index (χ4v) is 3.24. The summed E-state index contributed by atoms with van der Waals surface area (Å²) in [5, 5.41) is 0. The van der Waals surface area contributed by atoms with E-state index in [2.05, 4.69) is 0 Å². The maximum atomic E-state index is 12.0. The number of hydrogen-bond acceptors (Lipinski definition) is 3. The average Bonchev–Trinajstić information content (AvgIpc) is 2.32. The number of piperidine rings is 1. The van der Waals surface area contributed by atoms with Crippen LogP contribution in [0.2, 0.25) is 0 Å². The van der Waals surface area contributed by atoms with Crippen molar-refractivity contribution < 1.29 is 9.53 Å². The first-order valence-electron chi connectivity index (χ1n) is 7.53. The number of amides is 1. The van der Waals surface area contributed by atoms with Crippen LogP contribution < -0.4 is 5.73 Å². The van der Waals surface area contributed by atoms with Crippen molar-refractivity contribution in [2.75, 3.05) is 13.1 Å². The summed E-state index contributed by atoms with van der Waals surface area (Å²) in [7, 11) is 0. The van der Waals surface area contributed by atoms with Crippen molar-refractivity contribution in [2.45, 2.75) is 70.9 Å². The highest BCUT2D eigenvalue weighted by Gasteiger charge is 2.39. The first-order chi connectivity index (χ1) is 8.80. The number of nitrogens with zero attached hydrogens (tertiary/aromatic N) is 1. The van der Waals surface area contributed by atoms with E-state index in [0.29, 0.717) is 11.5 Å². The molecule has 0 radical (unpaired) electrons. The summed E-state index contributed by atoms with van der Waals surface area (Å²) in [6.45, 7) is 7.42. The van der Waals surface area contributed by atoms with Crippen LogP contribution in [0.25, 0.3) is 0 Å². The molecule has 1 saturated heterocycles. The lowest BCUT2D eigenvalue weighted by Gasteiger charge is -2.45. The van der Waals surface area contributed by atoms with E-state index in [1.54, 1.807) is 0 Å². The van der Waals surface area contributed by atoms with Gasteiger partial charge in [-0.05, 0) is 64.7 Å². The maximum absolute atomic E-state index is 12.0. The Bertz CT molecular complexity index is 323. The monoisotopic (exact) mass is 304 g/mol. The molecule has 0 aromatic rings. The molecule has 5 heteroatoms. The lowest BCUT2D eigenvalue weighted by Crippen LogP contribution is -2.47. The molecule has 1 spiro atoms. The molecule has 0 aromatic carbocycles. The molecule has 1 saturated carbocycles.